The van der Waals surface area contributed by atoms with Gasteiger partial charge in [-0.05, 0) is 41.7 Å². The van der Waals surface area contributed by atoms with Gasteiger partial charge in [-0.3, -0.25) is 4.79 Å². The molecule has 0 aromatic heterocycles. The molecule has 1 fully saturated rings. The van der Waals surface area contributed by atoms with Crippen LogP contribution in [0, 0.1) is 5.92 Å². The van der Waals surface area contributed by atoms with E-state index in [1.165, 1.54) is 32.1 Å². The Morgan fingerprint density at radius 3 is 2.74 bits per heavy atom. The number of hydrogen-bond acceptors (Lipinski definition) is 3. The molecule has 0 heterocycles. The highest BCUT2D eigenvalue weighted by Crippen LogP contribution is 2.22. The zero-order chi connectivity index (χ0) is 15.9. The predicted molar refractivity (Wildman–Crippen MR) is 92.7 cm³/mol. The van der Waals surface area contributed by atoms with Gasteiger partial charge >= 0.3 is 0 Å². The summed E-state index contributed by atoms with van der Waals surface area (Å²) in [4.78, 5) is 11.8. The van der Waals surface area contributed by atoms with E-state index in [-0.39, 0.29) is 12.5 Å². The van der Waals surface area contributed by atoms with Crippen molar-refractivity contribution in [3.63, 3.8) is 0 Å². The monoisotopic (exact) mass is 310 g/mol. The number of benzene rings is 2. The normalized spacial score (nSPS) is 15.8. The number of carbonyl (C=O) groups is 1. The third-order valence-corrected chi connectivity index (χ3v) is 4.22. The molecule has 1 amide bonds. The summed E-state index contributed by atoms with van der Waals surface area (Å²) in [6.45, 7) is -0.0274. The Morgan fingerprint density at radius 2 is 1.91 bits per heavy atom. The van der Waals surface area contributed by atoms with Gasteiger partial charge in [0.25, 0.3) is 5.91 Å². The van der Waals surface area contributed by atoms with Crippen molar-refractivity contribution in [2.45, 2.75) is 32.1 Å². The lowest BCUT2D eigenvalue weighted by Crippen LogP contribution is -2.25. The summed E-state index contributed by atoms with van der Waals surface area (Å²) < 4.78 is 5.53. The zero-order valence-electron chi connectivity index (χ0n) is 13.2. The van der Waals surface area contributed by atoms with E-state index in [1.54, 1.807) is 0 Å². The van der Waals surface area contributed by atoms with Gasteiger partial charge in [0.15, 0.2) is 6.61 Å². The van der Waals surface area contributed by atoms with E-state index in [0.717, 1.165) is 10.8 Å². The lowest BCUT2D eigenvalue weighted by Gasteiger charge is -2.16. The third-order valence-electron chi connectivity index (χ3n) is 4.22. The number of ether oxygens (including phenoxy) is 1. The number of rotatable bonds is 5. The summed E-state index contributed by atoms with van der Waals surface area (Å²) in [6.07, 6.45) is 8.05. The topological polar surface area (TPSA) is 50.7 Å². The van der Waals surface area contributed by atoms with E-state index in [9.17, 15) is 4.79 Å². The minimum atomic E-state index is -0.231. The van der Waals surface area contributed by atoms with Gasteiger partial charge in [0.1, 0.15) is 5.75 Å². The van der Waals surface area contributed by atoms with Gasteiger partial charge in [0, 0.05) is 6.21 Å². The van der Waals surface area contributed by atoms with Crippen LogP contribution < -0.4 is 10.2 Å². The van der Waals surface area contributed by atoms with E-state index >= 15 is 0 Å². The quantitative estimate of drug-likeness (QED) is 0.672. The maximum Gasteiger partial charge on any atom is 0.277 e. The first-order chi connectivity index (χ1) is 11.3. The van der Waals surface area contributed by atoms with E-state index in [0.29, 0.717) is 11.7 Å². The largest absolute Gasteiger partial charge is 0.484 e. The molecule has 23 heavy (non-hydrogen) atoms. The first-order valence-corrected chi connectivity index (χ1v) is 8.25. The van der Waals surface area contributed by atoms with Crippen LogP contribution in [-0.4, -0.2) is 18.7 Å². The molecule has 0 spiro atoms. The Morgan fingerprint density at radius 1 is 1.13 bits per heavy atom. The molecule has 4 heteroatoms. The molecular weight excluding hydrogens is 288 g/mol. The second-order valence-electron chi connectivity index (χ2n) is 6.01. The van der Waals surface area contributed by atoms with Crippen LogP contribution in [0.5, 0.6) is 5.75 Å². The Balaban J connectivity index is 1.46. The van der Waals surface area contributed by atoms with Crippen molar-refractivity contribution in [1.82, 2.24) is 5.43 Å². The summed E-state index contributed by atoms with van der Waals surface area (Å²) in [5.74, 6) is 0.964. The molecular formula is C19H22N2O2. The lowest BCUT2D eigenvalue weighted by atomic mass is 9.90. The number of nitrogens with zero attached hydrogens (tertiary/aromatic N) is 1. The van der Waals surface area contributed by atoms with Crippen LogP contribution >= 0.6 is 0 Å². The molecule has 0 radical (unpaired) electrons. The molecule has 120 valence electrons. The number of hydrazone groups is 1. The fraction of sp³-hybridized carbons (Fsp3) is 0.368. The van der Waals surface area contributed by atoms with Crippen molar-refractivity contribution >= 4 is 22.9 Å². The van der Waals surface area contributed by atoms with Crippen molar-refractivity contribution in [2.75, 3.05) is 6.61 Å². The standard InChI is InChI=1S/C19H22N2O2/c22-19(21-20-13-15-6-2-1-3-7-15)14-23-18-11-10-16-8-4-5-9-17(16)12-18/h4-5,8-13,15H,1-3,6-7,14H2,(H,21,22)/b20-13+. The second kappa shape index (κ2) is 7.77. The van der Waals surface area contributed by atoms with Crippen molar-refractivity contribution in [2.24, 2.45) is 11.0 Å². The van der Waals surface area contributed by atoms with Gasteiger partial charge in [-0.15, -0.1) is 0 Å². The second-order valence-corrected chi connectivity index (χ2v) is 6.01. The smallest absolute Gasteiger partial charge is 0.277 e. The molecule has 1 saturated carbocycles. The lowest BCUT2D eigenvalue weighted by molar-refractivity contribution is -0.123. The first-order valence-electron chi connectivity index (χ1n) is 8.25. The van der Waals surface area contributed by atoms with Crippen LogP contribution in [0.3, 0.4) is 0 Å². The van der Waals surface area contributed by atoms with Crippen molar-refractivity contribution < 1.29 is 9.53 Å². The fourth-order valence-corrected chi connectivity index (χ4v) is 2.94. The van der Waals surface area contributed by atoms with Gasteiger partial charge < -0.3 is 4.74 Å². The molecule has 1 N–H and O–H groups in total. The number of hydrogen-bond donors (Lipinski definition) is 1. The van der Waals surface area contributed by atoms with Gasteiger partial charge in [-0.1, -0.05) is 49.6 Å². The van der Waals surface area contributed by atoms with Crippen LogP contribution in [0.2, 0.25) is 0 Å². The van der Waals surface area contributed by atoms with Crippen LogP contribution in [0.25, 0.3) is 10.8 Å². The molecule has 0 unspecified atom stereocenters. The van der Waals surface area contributed by atoms with Crippen molar-refractivity contribution in [1.29, 1.82) is 0 Å². The molecule has 3 rings (SSSR count). The summed E-state index contributed by atoms with van der Waals surface area (Å²) in [5.41, 5.74) is 2.54. The van der Waals surface area contributed by atoms with E-state index in [4.69, 9.17) is 4.74 Å². The molecule has 0 bridgehead atoms. The highest BCUT2D eigenvalue weighted by Gasteiger charge is 2.10. The highest BCUT2D eigenvalue weighted by atomic mass is 16.5. The van der Waals surface area contributed by atoms with E-state index in [1.807, 2.05) is 48.7 Å². The minimum absolute atomic E-state index is 0.0274. The van der Waals surface area contributed by atoms with E-state index in [2.05, 4.69) is 10.5 Å². The Kier molecular flexibility index (Phi) is 5.25. The zero-order valence-corrected chi connectivity index (χ0v) is 13.2. The number of carbonyl (C=O) groups excluding carboxylic acids is 1. The molecule has 0 aliphatic heterocycles. The molecule has 2 aromatic rings. The van der Waals surface area contributed by atoms with Gasteiger partial charge in [0.05, 0.1) is 0 Å². The summed E-state index contributed by atoms with van der Waals surface area (Å²) in [7, 11) is 0. The van der Waals surface area contributed by atoms with Crippen LogP contribution in [0.4, 0.5) is 0 Å². The highest BCUT2D eigenvalue weighted by molar-refractivity contribution is 5.84. The third kappa shape index (κ3) is 4.55. The Labute approximate surface area is 136 Å². The molecule has 0 atom stereocenters. The fourth-order valence-electron chi connectivity index (χ4n) is 2.94. The molecule has 2 aromatic carbocycles. The maximum absolute atomic E-state index is 11.8. The number of nitrogens with one attached hydrogen (secondary N) is 1. The number of fused-ring (bicyclic) bond motifs is 1. The Hall–Kier alpha value is -2.36. The first kappa shape index (κ1) is 15.5. The van der Waals surface area contributed by atoms with Crippen LogP contribution in [0.15, 0.2) is 47.6 Å². The summed E-state index contributed by atoms with van der Waals surface area (Å²) in [5, 5.41) is 6.30. The average molecular weight is 310 g/mol. The summed E-state index contributed by atoms with van der Waals surface area (Å²) in [6, 6.07) is 13.9. The molecule has 1 aliphatic rings. The number of amides is 1. The molecule has 4 nitrogen and oxygen atoms in total. The van der Waals surface area contributed by atoms with Crippen molar-refractivity contribution in [3.8, 4) is 5.75 Å². The minimum Gasteiger partial charge on any atom is -0.484 e. The summed E-state index contributed by atoms with van der Waals surface area (Å²) >= 11 is 0. The maximum atomic E-state index is 11.8. The van der Waals surface area contributed by atoms with Crippen molar-refractivity contribution in [3.05, 3.63) is 42.5 Å². The van der Waals surface area contributed by atoms with Gasteiger partial charge in [-0.2, -0.15) is 5.10 Å². The average Bonchev–Trinajstić information content (AvgIpc) is 2.61. The molecule has 1 aliphatic carbocycles. The van der Waals surface area contributed by atoms with Gasteiger partial charge in [0.2, 0.25) is 0 Å². The SMILES string of the molecule is O=C(COc1ccc2ccccc2c1)N/N=C/C1CCCCC1. The van der Waals surface area contributed by atoms with E-state index < -0.39 is 0 Å². The Bertz CT molecular complexity index is 691. The van der Waals surface area contributed by atoms with Crippen LogP contribution in [0.1, 0.15) is 32.1 Å². The molecule has 0 saturated heterocycles. The van der Waals surface area contributed by atoms with Gasteiger partial charge in [-0.25, -0.2) is 5.43 Å². The van der Waals surface area contributed by atoms with Crippen LogP contribution in [-0.2, 0) is 4.79 Å². The predicted octanol–water partition coefficient (Wildman–Crippen LogP) is 3.90.